The maximum absolute atomic E-state index is 6.02. The first-order chi connectivity index (χ1) is 7.65. The molecule has 2 aromatic heterocycles. The van der Waals surface area contributed by atoms with Crippen LogP contribution >= 0.6 is 23.4 Å². The summed E-state index contributed by atoms with van der Waals surface area (Å²) in [4.78, 5) is 5.28. The molecule has 0 saturated carbocycles. The summed E-state index contributed by atoms with van der Waals surface area (Å²) in [6.07, 6.45) is 3.76. The zero-order valence-corrected chi connectivity index (χ0v) is 10.3. The number of halogens is 1. The fraction of sp³-hybridized carbons (Fsp3) is 0.200. The fourth-order valence-corrected chi connectivity index (χ4v) is 2.35. The number of anilines is 1. The van der Waals surface area contributed by atoms with Crippen LogP contribution in [0.15, 0.2) is 29.4 Å². The molecule has 0 fully saturated rings. The predicted molar refractivity (Wildman–Crippen MR) is 66.4 cm³/mol. The van der Waals surface area contributed by atoms with E-state index in [9.17, 15) is 0 Å². The third kappa shape index (κ3) is 2.68. The molecule has 2 N–H and O–H groups in total. The van der Waals surface area contributed by atoms with Gasteiger partial charge in [0.1, 0.15) is 5.82 Å². The summed E-state index contributed by atoms with van der Waals surface area (Å²) in [7, 11) is 1.88. The summed E-state index contributed by atoms with van der Waals surface area (Å²) >= 11 is 7.65. The lowest BCUT2D eigenvalue weighted by atomic mass is 10.4. The average molecular weight is 255 g/mol. The van der Waals surface area contributed by atoms with Gasteiger partial charge in [0.05, 0.1) is 16.9 Å². The van der Waals surface area contributed by atoms with E-state index in [-0.39, 0.29) is 0 Å². The number of hydrogen-bond donors (Lipinski definition) is 1. The van der Waals surface area contributed by atoms with Crippen LogP contribution in [0.3, 0.4) is 0 Å². The van der Waals surface area contributed by atoms with E-state index in [1.54, 1.807) is 28.6 Å². The van der Waals surface area contributed by atoms with Gasteiger partial charge in [-0.2, -0.15) is 5.10 Å². The van der Waals surface area contributed by atoms with Gasteiger partial charge in [-0.25, -0.2) is 4.98 Å². The first-order valence-corrected chi connectivity index (χ1v) is 6.04. The SMILES string of the molecule is Cn1cc(SCc2nc(N)ccc2Cl)cn1. The summed E-state index contributed by atoms with van der Waals surface area (Å²) in [6, 6.07) is 3.46. The summed E-state index contributed by atoms with van der Waals surface area (Å²) in [5, 5.41) is 4.73. The molecule has 4 nitrogen and oxygen atoms in total. The summed E-state index contributed by atoms with van der Waals surface area (Å²) < 4.78 is 1.76. The molecule has 0 atom stereocenters. The molecule has 0 aromatic carbocycles. The van der Waals surface area contributed by atoms with E-state index >= 15 is 0 Å². The Hall–Kier alpha value is -1.20. The van der Waals surface area contributed by atoms with E-state index in [0.29, 0.717) is 16.6 Å². The van der Waals surface area contributed by atoms with E-state index in [2.05, 4.69) is 10.1 Å². The van der Waals surface area contributed by atoms with Gasteiger partial charge >= 0.3 is 0 Å². The minimum Gasteiger partial charge on any atom is -0.384 e. The summed E-state index contributed by atoms with van der Waals surface area (Å²) in [5.41, 5.74) is 6.41. The lowest BCUT2D eigenvalue weighted by Crippen LogP contribution is -1.94. The fourth-order valence-electron chi connectivity index (χ4n) is 1.23. The molecule has 2 heterocycles. The monoisotopic (exact) mass is 254 g/mol. The van der Waals surface area contributed by atoms with Crippen LogP contribution in [0, 0.1) is 0 Å². The number of thioether (sulfide) groups is 1. The van der Waals surface area contributed by atoms with Gasteiger partial charge in [0, 0.05) is 23.9 Å². The standard InChI is InChI=1S/C10H11ClN4S/c1-15-5-7(4-13-15)16-6-9-8(11)2-3-10(12)14-9/h2-5H,6H2,1H3,(H2,12,14). The third-order valence-corrected chi connectivity index (χ3v) is 3.30. The number of pyridine rings is 1. The Morgan fingerprint density at radius 1 is 1.50 bits per heavy atom. The number of rotatable bonds is 3. The van der Waals surface area contributed by atoms with Crippen molar-refractivity contribution in [1.82, 2.24) is 14.8 Å². The van der Waals surface area contributed by atoms with Crippen molar-refractivity contribution in [2.24, 2.45) is 7.05 Å². The smallest absolute Gasteiger partial charge is 0.123 e. The molecular weight excluding hydrogens is 244 g/mol. The Bertz CT molecular complexity index is 497. The second-order valence-electron chi connectivity index (χ2n) is 3.30. The lowest BCUT2D eigenvalue weighted by Gasteiger charge is -2.02. The number of aromatic nitrogens is 3. The number of nitrogen functional groups attached to an aromatic ring is 1. The summed E-state index contributed by atoms with van der Waals surface area (Å²) in [6.45, 7) is 0. The van der Waals surface area contributed by atoms with E-state index < -0.39 is 0 Å². The van der Waals surface area contributed by atoms with Crippen molar-refractivity contribution in [1.29, 1.82) is 0 Å². The highest BCUT2D eigenvalue weighted by Gasteiger charge is 2.04. The topological polar surface area (TPSA) is 56.7 Å². The van der Waals surface area contributed by atoms with Crippen molar-refractivity contribution < 1.29 is 0 Å². The average Bonchev–Trinajstić information content (AvgIpc) is 2.66. The van der Waals surface area contributed by atoms with Crippen molar-refractivity contribution in [2.75, 3.05) is 5.73 Å². The maximum atomic E-state index is 6.02. The highest BCUT2D eigenvalue weighted by atomic mass is 35.5. The van der Waals surface area contributed by atoms with E-state index in [0.717, 1.165) is 10.6 Å². The molecule has 0 unspecified atom stereocenters. The van der Waals surface area contributed by atoms with Crippen molar-refractivity contribution in [3.05, 3.63) is 35.2 Å². The van der Waals surface area contributed by atoms with E-state index in [1.807, 2.05) is 19.4 Å². The highest BCUT2D eigenvalue weighted by Crippen LogP contribution is 2.25. The molecule has 6 heteroatoms. The molecule has 0 aliphatic heterocycles. The largest absolute Gasteiger partial charge is 0.384 e. The van der Waals surface area contributed by atoms with Gasteiger partial charge in [-0.15, -0.1) is 11.8 Å². The number of nitrogens with zero attached hydrogens (tertiary/aromatic N) is 3. The molecule has 0 bridgehead atoms. The first-order valence-electron chi connectivity index (χ1n) is 4.67. The molecule has 0 radical (unpaired) electrons. The Kier molecular flexibility index (Phi) is 3.36. The Balaban J connectivity index is 2.07. The van der Waals surface area contributed by atoms with Crippen LogP contribution in [0.2, 0.25) is 5.02 Å². The van der Waals surface area contributed by atoms with Crippen molar-refractivity contribution in [3.8, 4) is 0 Å². The van der Waals surface area contributed by atoms with E-state index in [4.69, 9.17) is 17.3 Å². The molecule has 84 valence electrons. The number of hydrogen-bond acceptors (Lipinski definition) is 4. The normalized spacial score (nSPS) is 10.6. The lowest BCUT2D eigenvalue weighted by molar-refractivity contribution is 0.766. The molecule has 2 rings (SSSR count). The zero-order valence-electron chi connectivity index (χ0n) is 8.72. The van der Waals surface area contributed by atoms with Crippen molar-refractivity contribution in [3.63, 3.8) is 0 Å². The van der Waals surface area contributed by atoms with Crippen LogP contribution in [-0.2, 0) is 12.8 Å². The highest BCUT2D eigenvalue weighted by molar-refractivity contribution is 7.98. The second-order valence-corrected chi connectivity index (χ2v) is 4.76. The van der Waals surface area contributed by atoms with Gasteiger partial charge in [-0.3, -0.25) is 4.68 Å². The maximum Gasteiger partial charge on any atom is 0.123 e. The van der Waals surface area contributed by atoms with Gasteiger partial charge in [0.15, 0.2) is 0 Å². The summed E-state index contributed by atoms with van der Waals surface area (Å²) in [5.74, 6) is 1.18. The second kappa shape index (κ2) is 4.76. The van der Waals surface area contributed by atoms with Crippen LogP contribution in [0.4, 0.5) is 5.82 Å². The number of nitrogens with two attached hydrogens (primary N) is 1. The first kappa shape index (κ1) is 11.3. The van der Waals surface area contributed by atoms with Gasteiger partial charge in [0.2, 0.25) is 0 Å². The minimum atomic E-state index is 0.492. The molecule has 0 aliphatic carbocycles. The van der Waals surface area contributed by atoms with Gasteiger partial charge in [-0.05, 0) is 12.1 Å². The van der Waals surface area contributed by atoms with E-state index in [1.165, 1.54) is 0 Å². The minimum absolute atomic E-state index is 0.492. The molecule has 0 amide bonds. The molecule has 0 aliphatic rings. The number of aryl methyl sites for hydroxylation is 1. The van der Waals surface area contributed by atoms with Crippen molar-refractivity contribution >= 4 is 29.2 Å². The van der Waals surface area contributed by atoms with Crippen LogP contribution < -0.4 is 5.73 Å². The molecule has 2 aromatic rings. The van der Waals surface area contributed by atoms with Gasteiger partial charge < -0.3 is 5.73 Å². The Labute approximate surface area is 103 Å². The van der Waals surface area contributed by atoms with Crippen LogP contribution in [0.25, 0.3) is 0 Å². The van der Waals surface area contributed by atoms with Crippen LogP contribution in [0.5, 0.6) is 0 Å². The Morgan fingerprint density at radius 3 is 3.00 bits per heavy atom. The van der Waals surface area contributed by atoms with Crippen LogP contribution in [-0.4, -0.2) is 14.8 Å². The van der Waals surface area contributed by atoms with Crippen molar-refractivity contribution in [2.45, 2.75) is 10.6 Å². The van der Waals surface area contributed by atoms with Crippen LogP contribution in [0.1, 0.15) is 5.69 Å². The molecule has 16 heavy (non-hydrogen) atoms. The van der Waals surface area contributed by atoms with Gasteiger partial charge in [-0.1, -0.05) is 11.6 Å². The molecule has 0 spiro atoms. The van der Waals surface area contributed by atoms with Gasteiger partial charge in [0.25, 0.3) is 0 Å². The third-order valence-electron chi connectivity index (χ3n) is 2.00. The molecule has 0 saturated heterocycles. The molecular formula is C10H11ClN4S. The Morgan fingerprint density at radius 2 is 2.31 bits per heavy atom. The zero-order chi connectivity index (χ0) is 11.5. The quantitative estimate of drug-likeness (QED) is 0.855. The predicted octanol–water partition coefficient (Wildman–Crippen LogP) is 2.34.